The molecule has 0 aliphatic carbocycles. The summed E-state index contributed by atoms with van der Waals surface area (Å²) in [6.45, 7) is 2.58. The summed E-state index contributed by atoms with van der Waals surface area (Å²) in [5, 5.41) is 0. The second-order valence-corrected chi connectivity index (χ2v) is 7.60. The van der Waals surface area contributed by atoms with Crippen molar-refractivity contribution in [3.05, 3.63) is 65.7 Å². The second-order valence-electron chi connectivity index (χ2n) is 5.69. The summed E-state index contributed by atoms with van der Waals surface area (Å²) in [5.41, 5.74) is 1.04. The Morgan fingerprint density at radius 2 is 1.73 bits per heavy atom. The van der Waals surface area contributed by atoms with Gasteiger partial charge in [-0.1, -0.05) is 48.5 Å². The van der Waals surface area contributed by atoms with E-state index in [1.54, 1.807) is 19.2 Å². The van der Waals surface area contributed by atoms with Gasteiger partial charge in [0, 0.05) is 25.8 Å². The first-order valence-corrected chi connectivity index (χ1v) is 8.60. The van der Waals surface area contributed by atoms with Crippen molar-refractivity contribution in [2.45, 2.75) is 24.0 Å². The van der Waals surface area contributed by atoms with Crippen LogP contribution in [0.15, 0.2) is 59.5 Å². The van der Waals surface area contributed by atoms with Crippen molar-refractivity contribution in [1.29, 1.82) is 0 Å². The zero-order chi connectivity index (χ0) is 15.8. The van der Waals surface area contributed by atoms with Crippen LogP contribution in [0.25, 0.3) is 0 Å². The van der Waals surface area contributed by atoms with Crippen LogP contribution >= 0.6 is 0 Å². The van der Waals surface area contributed by atoms with Crippen LogP contribution in [-0.2, 0) is 26.9 Å². The molecule has 1 aliphatic rings. The average Bonchev–Trinajstić information content (AvgIpc) is 2.54. The number of methoxy groups -OCH3 is 1. The van der Waals surface area contributed by atoms with Gasteiger partial charge in [0.2, 0.25) is 10.0 Å². The highest BCUT2D eigenvalue weighted by molar-refractivity contribution is 7.89. The summed E-state index contributed by atoms with van der Waals surface area (Å²) in [6, 6.07) is 16.7. The third kappa shape index (κ3) is 2.45. The number of hydrogen-bond acceptors (Lipinski definition) is 3. The fraction of sp³-hybridized carbons (Fsp3) is 0.294. The smallest absolute Gasteiger partial charge is 0.243 e. The fourth-order valence-electron chi connectivity index (χ4n) is 2.88. The highest BCUT2D eigenvalue weighted by Crippen LogP contribution is 2.38. The minimum Gasteiger partial charge on any atom is -0.372 e. The average molecular weight is 317 g/mol. The zero-order valence-corrected chi connectivity index (χ0v) is 13.5. The third-order valence-corrected chi connectivity index (χ3v) is 6.05. The number of fused-ring (bicyclic) bond motifs is 1. The molecule has 1 heterocycles. The van der Waals surface area contributed by atoms with E-state index in [0.29, 0.717) is 18.0 Å². The van der Waals surface area contributed by atoms with Crippen LogP contribution in [0.4, 0.5) is 0 Å². The van der Waals surface area contributed by atoms with Crippen LogP contribution in [0.1, 0.15) is 18.1 Å². The lowest BCUT2D eigenvalue weighted by molar-refractivity contribution is -0.0193. The van der Waals surface area contributed by atoms with Crippen LogP contribution < -0.4 is 0 Å². The summed E-state index contributed by atoms with van der Waals surface area (Å²) in [6.07, 6.45) is 0. The predicted molar refractivity (Wildman–Crippen MR) is 84.8 cm³/mol. The van der Waals surface area contributed by atoms with Gasteiger partial charge >= 0.3 is 0 Å². The number of hydrogen-bond donors (Lipinski definition) is 0. The van der Waals surface area contributed by atoms with E-state index in [4.69, 9.17) is 4.74 Å². The lowest BCUT2D eigenvalue weighted by Crippen LogP contribution is -2.48. The Kier molecular flexibility index (Phi) is 3.80. The minimum absolute atomic E-state index is 0.303. The molecule has 0 amide bonds. The molecule has 0 spiro atoms. The molecule has 0 saturated heterocycles. The first-order chi connectivity index (χ1) is 10.5. The first kappa shape index (κ1) is 15.2. The molecule has 2 aromatic carbocycles. The van der Waals surface area contributed by atoms with Crippen molar-refractivity contribution in [3.63, 3.8) is 0 Å². The van der Waals surface area contributed by atoms with E-state index in [1.165, 1.54) is 4.31 Å². The highest BCUT2D eigenvalue weighted by Gasteiger charge is 2.43. The van der Waals surface area contributed by atoms with Gasteiger partial charge in [-0.15, -0.1) is 0 Å². The maximum absolute atomic E-state index is 12.9. The van der Waals surface area contributed by atoms with E-state index >= 15 is 0 Å². The molecular formula is C17H19NO3S. The van der Waals surface area contributed by atoms with Crippen molar-refractivity contribution < 1.29 is 13.2 Å². The van der Waals surface area contributed by atoms with Gasteiger partial charge in [0.1, 0.15) is 5.60 Å². The van der Waals surface area contributed by atoms with Crippen LogP contribution in [0, 0.1) is 0 Å². The molecule has 1 aliphatic heterocycles. The number of rotatable bonds is 3. The predicted octanol–water partition coefficient (Wildman–Crippen LogP) is 2.75. The zero-order valence-electron chi connectivity index (χ0n) is 12.7. The molecule has 0 saturated carbocycles. The Labute approximate surface area is 131 Å². The Morgan fingerprint density at radius 1 is 1.09 bits per heavy atom. The Hall–Kier alpha value is -1.69. The molecule has 2 aromatic rings. The van der Waals surface area contributed by atoms with Crippen molar-refractivity contribution in [1.82, 2.24) is 4.31 Å². The van der Waals surface area contributed by atoms with E-state index in [1.807, 2.05) is 49.4 Å². The molecule has 3 rings (SSSR count). The van der Waals surface area contributed by atoms with Gasteiger partial charge in [-0.3, -0.25) is 0 Å². The molecule has 1 unspecified atom stereocenters. The molecular weight excluding hydrogens is 298 g/mol. The first-order valence-electron chi connectivity index (χ1n) is 7.16. The van der Waals surface area contributed by atoms with Gasteiger partial charge in [-0.05, 0) is 18.6 Å². The normalized spacial score (nSPS) is 23.9. The quantitative estimate of drug-likeness (QED) is 0.874. The molecule has 116 valence electrons. The van der Waals surface area contributed by atoms with Crippen molar-refractivity contribution in [2.24, 2.45) is 0 Å². The van der Waals surface area contributed by atoms with Crippen LogP contribution in [-0.4, -0.2) is 26.4 Å². The van der Waals surface area contributed by atoms with Gasteiger partial charge in [0.25, 0.3) is 0 Å². The molecule has 0 radical (unpaired) electrons. The lowest BCUT2D eigenvalue weighted by atomic mass is 9.95. The SMILES string of the molecule is COC1(C)CN(Cc2ccccc2)S(=O)(=O)c2ccccc21. The van der Waals surface area contributed by atoms with Crippen molar-refractivity contribution in [2.75, 3.05) is 13.7 Å². The van der Waals surface area contributed by atoms with Gasteiger partial charge in [0.05, 0.1) is 4.90 Å². The monoisotopic (exact) mass is 317 g/mol. The molecule has 1 atom stereocenters. The van der Waals surface area contributed by atoms with Gasteiger partial charge in [0.15, 0.2) is 0 Å². The Balaban J connectivity index is 2.07. The molecule has 0 bridgehead atoms. The number of benzene rings is 2. The Morgan fingerprint density at radius 3 is 2.41 bits per heavy atom. The maximum Gasteiger partial charge on any atom is 0.243 e. The van der Waals surface area contributed by atoms with E-state index in [0.717, 1.165) is 11.1 Å². The molecule has 0 aromatic heterocycles. The summed E-state index contributed by atoms with van der Waals surface area (Å²) in [7, 11) is -1.89. The standard InChI is InChI=1S/C17H19NO3S/c1-17(21-2)13-18(12-14-8-4-3-5-9-14)22(19,20)16-11-7-6-10-15(16)17/h3-11H,12-13H2,1-2H3. The minimum atomic E-state index is -3.51. The van der Waals surface area contributed by atoms with Crippen LogP contribution in [0.2, 0.25) is 0 Å². The molecule has 22 heavy (non-hydrogen) atoms. The van der Waals surface area contributed by atoms with Crippen LogP contribution in [0.3, 0.4) is 0 Å². The third-order valence-electron chi connectivity index (χ3n) is 4.20. The second kappa shape index (κ2) is 5.50. The number of sulfonamides is 1. The van der Waals surface area contributed by atoms with Crippen molar-refractivity contribution >= 4 is 10.0 Å². The largest absolute Gasteiger partial charge is 0.372 e. The molecule has 0 fully saturated rings. The molecule has 0 N–H and O–H groups in total. The van der Waals surface area contributed by atoms with E-state index in [9.17, 15) is 8.42 Å². The number of nitrogens with zero attached hydrogens (tertiary/aromatic N) is 1. The summed E-state index contributed by atoms with van der Waals surface area (Å²) in [4.78, 5) is 0.335. The van der Waals surface area contributed by atoms with E-state index < -0.39 is 15.6 Å². The maximum atomic E-state index is 12.9. The van der Waals surface area contributed by atoms with Crippen molar-refractivity contribution in [3.8, 4) is 0 Å². The van der Waals surface area contributed by atoms with E-state index in [-0.39, 0.29) is 0 Å². The Bertz CT molecular complexity index is 774. The van der Waals surface area contributed by atoms with E-state index in [2.05, 4.69) is 0 Å². The molecule has 5 heteroatoms. The number of ether oxygens (including phenoxy) is 1. The van der Waals surface area contributed by atoms with Gasteiger partial charge in [-0.2, -0.15) is 4.31 Å². The highest BCUT2D eigenvalue weighted by atomic mass is 32.2. The lowest BCUT2D eigenvalue weighted by Gasteiger charge is -2.40. The fourth-order valence-corrected chi connectivity index (χ4v) is 4.70. The summed E-state index contributed by atoms with van der Waals surface area (Å²) < 4.78 is 32.9. The molecule has 4 nitrogen and oxygen atoms in total. The van der Waals surface area contributed by atoms with Gasteiger partial charge < -0.3 is 4.74 Å². The summed E-state index contributed by atoms with van der Waals surface area (Å²) >= 11 is 0. The topological polar surface area (TPSA) is 46.6 Å². The summed E-state index contributed by atoms with van der Waals surface area (Å²) in [5.74, 6) is 0. The van der Waals surface area contributed by atoms with Crippen LogP contribution in [0.5, 0.6) is 0 Å². The van der Waals surface area contributed by atoms with Gasteiger partial charge in [-0.25, -0.2) is 8.42 Å².